The van der Waals surface area contributed by atoms with Crippen LogP contribution >= 0.6 is 0 Å². The molecule has 0 spiro atoms. The van der Waals surface area contributed by atoms with Gasteiger partial charge in [0.15, 0.2) is 0 Å². The fourth-order valence-electron chi connectivity index (χ4n) is 5.47. The van der Waals surface area contributed by atoms with Crippen molar-refractivity contribution in [3.05, 3.63) is 182 Å². The van der Waals surface area contributed by atoms with E-state index in [4.69, 9.17) is 0 Å². The van der Waals surface area contributed by atoms with Gasteiger partial charge in [-0.1, -0.05) is 62.1 Å². The van der Waals surface area contributed by atoms with Crippen molar-refractivity contribution in [2.75, 3.05) is 18.0 Å². The van der Waals surface area contributed by atoms with E-state index in [0.29, 0.717) is 30.4 Å². The average Bonchev–Trinajstić information content (AvgIpc) is 3.20. The maximum atomic E-state index is 13.6. The minimum Gasteiger partial charge on any atom is -0.364 e. The van der Waals surface area contributed by atoms with Crippen LogP contribution in [0.1, 0.15) is 33.3 Å². The van der Waals surface area contributed by atoms with Crippen LogP contribution in [0.2, 0.25) is 0 Å². The first-order valence-electron chi connectivity index (χ1n) is 17.9. The molecule has 6 rings (SSSR count). The largest absolute Gasteiger partial charge is 2.00 e. The molecule has 9 heteroatoms. The van der Waals surface area contributed by atoms with E-state index in [1.54, 1.807) is 43.1 Å². The molecule has 0 saturated heterocycles. The van der Waals surface area contributed by atoms with E-state index in [1.165, 1.54) is 12.1 Å². The Morgan fingerprint density at radius 3 is 2.30 bits per heavy atom. The molecule has 0 radical (unpaired) electrons. The van der Waals surface area contributed by atoms with E-state index in [1.807, 2.05) is 85.6 Å². The summed E-state index contributed by atoms with van der Waals surface area (Å²) in [5.74, 6) is 0.0930. The van der Waals surface area contributed by atoms with Crippen molar-refractivity contribution < 1.29 is 46.5 Å². The predicted molar refractivity (Wildman–Crippen MR) is 227 cm³/mol. The molecule has 0 saturated carbocycles. The smallest absolute Gasteiger partial charge is 0.364 e. The Morgan fingerprint density at radius 2 is 1.60 bits per heavy atom. The summed E-state index contributed by atoms with van der Waals surface area (Å²) in [6.45, 7) is 17.6. The van der Waals surface area contributed by atoms with E-state index in [2.05, 4.69) is 88.4 Å². The molecular formula is C48H43FN6Pt2. The number of aromatic nitrogens is 3. The summed E-state index contributed by atoms with van der Waals surface area (Å²) in [5.41, 5.74) is 8.31. The van der Waals surface area contributed by atoms with Crippen LogP contribution in [0.3, 0.4) is 0 Å². The Kier molecular flexibility index (Phi) is 19.2. The monoisotopic (exact) mass is 1110 g/mol. The summed E-state index contributed by atoms with van der Waals surface area (Å²) in [7, 11) is 0. The minimum atomic E-state index is -0.301. The first kappa shape index (κ1) is 46.2. The molecule has 0 aliphatic heterocycles. The second-order valence-electron chi connectivity index (χ2n) is 12.7. The Bertz CT molecular complexity index is 2320. The van der Waals surface area contributed by atoms with Crippen LogP contribution in [-0.2, 0) is 42.1 Å². The van der Waals surface area contributed by atoms with Crippen LogP contribution in [0.4, 0.5) is 15.8 Å². The second kappa shape index (κ2) is 23.8. The molecule has 6 aromatic rings. The van der Waals surface area contributed by atoms with Gasteiger partial charge in [-0.05, 0) is 55.1 Å². The van der Waals surface area contributed by atoms with E-state index < -0.39 is 0 Å². The molecule has 2 aromatic heterocycles. The number of pyridine rings is 1. The van der Waals surface area contributed by atoms with Gasteiger partial charge in [-0.15, -0.1) is 76.3 Å². The van der Waals surface area contributed by atoms with Gasteiger partial charge >= 0.3 is 42.1 Å². The summed E-state index contributed by atoms with van der Waals surface area (Å²) in [4.78, 5) is 23.4. The summed E-state index contributed by atoms with van der Waals surface area (Å²) in [6, 6.07) is 35.1. The molecule has 0 fully saturated rings. The molecule has 292 valence electrons. The molecule has 0 amide bonds. The second-order valence-corrected chi connectivity index (χ2v) is 12.7. The molecule has 0 aliphatic rings. The summed E-state index contributed by atoms with van der Waals surface area (Å²) < 4.78 is 13.6. The molecule has 0 unspecified atom stereocenters. The third-order valence-electron chi connectivity index (χ3n) is 8.01. The summed E-state index contributed by atoms with van der Waals surface area (Å²) >= 11 is 0. The van der Waals surface area contributed by atoms with Crippen molar-refractivity contribution in [2.45, 2.75) is 27.7 Å². The van der Waals surface area contributed by atoms with Gasteiger partial charge in [-0.25, -0.2) is 17.0 Å². The van der Waals surface area contributed by atoms with Crippen molar-refractivity contribution in [1.29, 1.82) is 0 Å². The van der Waals surface area contributed by atoms with Gasteiger partial charge in [0.2, 0.25) is 0 Å². The van der Waals surface area contributed by atoms with Crippen LogP contribution in [-0.4, -0.2) is 40.5 Å². The van der Waals surface area contributed by atoms with E-state index in [-0.39, 0.29) is 47.9 Å². The third-order valence-corrected chi connectivity index (χ3v) is 8.01. The topological polar surface area (TPSA) is 66.6 Å². The van der Waals surface area contributed by atoms with Gasteiger partial charge in [0, 0.05) is 61.2 Å². The fraction of sp³-hybridized carbons (Fsp3) is 0.146. The van der Waals surface area contributed by atoms with Crippen LogP contribution in [0, 0.1) is 36.0 Å². The Balaban J connectivity index is 0.000000303. The Labute approximate surface area is 365 Å². The molecule has 2 heterocycles. The van der Waals surface area contributed by atoms with E-state index in [9.17, 15) is 4.39 Å². The van der Waals surface area contributed by atoms with Gasteiger partial charge in [0.1, 0.15) is 5.82 Å². The minimum absolute atomic E-state index is 0. The van der Waals surface area contributed by atoms with E-state index >= 15 is 0 Å². The quantitative estimate of drug-likeness (QED) is 0.0657. The maximum absolute atomic E-state index is 13.6. The Morgan fingerprint density at radius 1 is 0.842 bits per heavy atom. The predicted octanol–water partition coefficient (Wildman–Crippen LogP) is 11.4. The van der Waals surface area contributed by atoms with Crippen molar-refractivity contribution in [3.63, 3.8) is 0 Å². The van der Waals surface area contributed by atoms with Crippen LogP contribution in [0.15, 0.2) is 156 Å². The molecule has 6 nitrogen and oxygen atoms in total. The molecule has 4 aromatic carbocycles. The zero-order valence-electron chi connectivity index (χ0n) is 32.3. The summed E-state index contributed by atoms with van der Waals surface area (Å²) in [5, 5.41) is 2.16. The molecular weight excluding hydrogens is 1070 g/mol. The SMILES string of the molecule is C=C([C-]=C(C)CN=CC(C)C)N(c1[c-]c(-c2cnccn2)ccc1)c1ccc(F)cc1.C=C([C-]=CCN=CC)c1cccc2ccc(-c3ccccn3)[c-]c12.[Pt+2].[Pt+2]. The molecule has 57 heavy (non-hydrogen) atoms. The van der Waals surface area contributed by atoms with Gasteiger partial charge < -0.3 is 9.88 Å². The van der Waals surface area contributed by atoms with Crippen molar-refractivity contribution in [2.24, 2.45) is 15.9 Å². The van der Waals surface area contributed by atoms with Crippen molar-refractivity contribution >= 4 is 40.1 Å². The first-order valence-corrected chi connectivity index (χ1v) is 17.9. The zero-order chi connectivity index (χ0) is 39.0. The van der Waals surface area contributed by atoms with Gasteiger partial charge in [0.25, 0.3) is 0 Å². The number of aliphatic imine (C=N–C) groups is 2. The Hall–Kier alpha value is -5.22. The number of nitrogens with zero attached hydrogens (tertiary/aromatic N) is 6. The number of allylic oxidation sites excluding steroid dienone is 3. The molecule has 0 N–H and O–H groups in total. The molecule has 0 bridgehead atoms. The number of benzene rings is 4. The number of rotatable bonds is 13. The van der Waals surface area contributed by atoms with Crippen molar-refractivity contribution in [1.82, 2.24) is 15.0 Å². The number of hydrogen-bond acceptors (Lipinski definition) is 6. The van der Waals surface area contributed by atoms with Gasteiger partial charge in [0.05, 0.1) is 0 Å². The number of fused-ring (bicyclic) bond motifs is 1. The fourth-order valence-corrected chi connectivity index (χ4v) is 5.47. The van der Waals surface area contributed by atoms with Gasteiger partial charge in [-0.3, -0.25) is 20.0 Å². The van der Waals surface area contributed by atoms with Crippen molar-refractivity contribution in [3.8, 4) is 22.5 Å². The zero-order valence-corrected chi connectivity index (χ0v) is 36.8. The standard InChI is InChI=1S/C26H25FN4.C22H18N2.2Pt/c1-19(2)16-29-17-20(3)14-21(4)31(24-10-8-23(27)9-11-24)25-7-5-6-22(15-25)26-18-28-12-13-30-26;1-3-23-14-7-8-17(2)20-10-6-9-18-12-13-19(16-21(18)20)22-11-4-5-15-24-22;;/h5-13,16,18-19H,4,17H2,1-3H3;3-7,9-13,15H,2,14H2,1H3;;/q2*-2;2*+2. The number of hydrogen-bond donors (Lipinski definition) is 0. The number of anilines is 2. The maximum Gasteiger partial charge on any atom is 2.00 e. The van der Waals surface area contributed by atoms with Crippen LogP contribution in [0.5, 0.6) is 0 Å². The normalized spacial score (nSPS) is 11.3. The molecule has 0 atom stereocenters. The third kappa shape index (κ3) is 13.7. The average molecular weight is 1110 g/mol. The summed E-state index contributed by atoms with van der Waals surface area (Å²) in [6.07, 6.45) is 18.9. The van der Waals surface area contributed by atoms with Crippen LogP contribution in [0.25, 0.3) is 38.9 Å². The first-order chi connectivity index (χ1) is 26.7. The molecule has 0 aliphatic carbocycles. The number of halogens is 1. The van der Waals surface area contributed by atoms with Crippen LogP contribution < -0.4 is 4.90 Å². The van der Waals surface area contributed by atoms with E-state index in [0.717, 1.165) is 55.7 Å². The van der Waals surface area contributed by atoms with Gasteiger partial charge in [-0.2, -0.15) is 18.2 Å².